The second-order valence-electron chi connectivity index (χ2n) is 7.24. The number of carbonyl (C=O) groups is 1. The zero-order valence-electron chi connectivity index (χ0n) is 17.5. The molecule has 0 aliphatic carbocycles. The summed E-state index contributed by atoms with van der Waals surface area (Å²) in [5.74, 6) is 0.619. The van der Waals surface area contributed by atoms with Crippen molar-refractivity contribution in [2.75, 3.05) is 19.7 Å². The summed E-state index contributed by atoms with van der Waals surface area (Å²) in [5, 5.41) is 2.78. The van der Waals surface area contributed by atoms with Gasteiger partial charge in [0.15, 0.2) is 0 Å². The number of ether oxygens (including phenoxy) is 1. The van der Waals surface area contributed by atoms with Gasteiger partial charge in [-0.05, 0) is 62.9 Å². The molecule has 2 rings (SSSR count). The predicted octanol–water partition coefficient (Wildman–Crippen LogP) is 3.17. The number of nitrogens with one attached hydrogen (secondary N) is 2. The van der Waals surface area contributed by atoms with Crippen molar-refractivity contribution in [3.63, 3.8) is 0 Å². The van der Waals surface area contributed by atoms with Gasteiger partial charge in [0.2, 0.25) is 15.9 Å². The van der Waals surface area contributed by atoms with E-state index in [9.17, 15) is 13.2 Å². The van der Waals surface area contributed by atoms with E-state index in [-0.39, 0.29) is 23.8 Å². The summed E-state index contributed by atoms with van der Waals surface area (Å²) in [7, 11) is -3.65. The Balaban J connectivity index is 1.70. The van der Waals surface area contributed by atoms with Crippen LogP contribution in [-0.2, 0) is 14.8 Å². The molecule has 0 heterocycles. The molecule has 0 atom stereocenters. The van der Waals surface area contributed by atoms with Crippen molar-refractivity contribution < 1.29 is 17.9 Å². The van der Waals surface area contributed by atoms with Crippen LogP contribution in [0.2, 0.25) is 0 Å². The fraction of sp³-hybridized carbons (Fsp3) is 0.409. The zero-order chi connectivity index (χ0) is 21.4. The Morgan fingerprint density at radius 1 is 0.966 bits per heavy atom. The normalized spacial score (nSPS) is 11.3. The highest BCUT2D eigenvalue weighted by Crippen LogP contribution is 2.21. The molecule has 0 radical (unpaired) electrons. The summed E-state index contributed by atoms with van der Waals surface area (Å²) in [6, 6.07) is 11.5. The molecular weight excluding hydrogens is 388 g/mol. The molecule has 2 N–H and O–H groups in total. The number of rotatable bonds is 10. The minimum Gasteiger partial charge on any atom is -0.494 e. The Labute approximate surface area is 173 Å². The van der Waals surface area contributed by atoms with E-state index in [2.05, 4.69) is 10.0 Å². The smallest absolute Gasteiger partial charge is 0.241 e. The van der Waals surface area contributed by atoms with Gasteiger partial charge >= 0.3 is 0 Å². The monoisotopic (exact) mass is 418 g/mol. The average molecular weight is 419 g/mol. The van der Waals surface area contributed by atoms with Crippen LogP contribution in [0.3, 0.4) is 0 Å². The minimum absolute atomic E-state index is 0.0563. The summed E-state index contributed by atoms with van der Waals surface area (Å²) in [5.41, 5.74) is 3.56. The van der Waals surface area contributed by atoms with Crippen molar-refractivity contribution in [2.45, 2.75) is 45.4 Å². The first-order chi connectivity index (χ1) is 13.7. The molecule has 1 amide bonds. The van der Waals surface area contributed by atoms with E-state index in [0.29, 0.717) is 30.7 Å². The van der Waals surface area contributed by atoms with Crippen LogP contribution in [0.4, 0.5) is 0 Å². The fourth-order valence-corrected chi connectivity index (χ4v) is 4.73. The molecule has 0 aliphatic rings. The lowest BCUT2D eigenvalue weighted by molar-refractivity contribution is -0.120. The lowest BCUT2D eigenvalue weighted by atomic mass is 10.1. The second-order valence-corrected chi connectivity index (χ2v) is 8.95. The molecule has 7 heteroatoms. The number of aryl methyl sites for hydroxylation is 4. The standard InChI is InChI=1S/C22H30N2O4S/c1-16-7-5-8-20(15-16)28-12-6-10-23-21(25)9-11-24-29(26,27)22-18(3)13-17(2)14-19(22)4/h5,7-8,13-15,24H,6,9-12H2,1-4H3,(H,23,25). The molecule has 0 aliphatic heterocycles. The van der Waals surface area contributed by atoms with Crippen molar-refractivity contribution in [1.82, 2.24) is 10.0 Å². The summed E-state index contributed by atoms with van der Waals surface area (Å²) < 4.78 is 33.3. The maximum atomic E-state index is 12.6. The zero-order valence-corrected chi connectivity index (χ0v) is 18.4. The largest absolute Gasteiger partial charge is 0.494 e. The minimum atomic E-state index is -3.65. The van der Waals surface area contributed by atoms with Crippen molar-refractivity contribution in [3.8, 4) is 5.75 Å². The Hall–Kier alpha value is -2.38. The number of sulfonamides is 1. The van der Waals surface area contributed by atoms with Gasteiger partial charge in [-0.25, -0.2) is 13.1 Å². The third-order valence-electron chi connectivity index (χ3n) is 4.42. The van der Waals surface area contributed by atoms with Crippen LogP contribution < -0.4 is 14.8 Å². The summed E-state index contributed by atoms with van der Waals surface area (Å²) >= 11 is 0. The third kappa shape index (κ3) is 7.18. The van der Waals surface area contributed by atoms with Crippen LogP contribution in [0.15, 0.2) is 41.3 Å². The highest BCUT2D eigenvalue weighted by atomic mass is 32.2. The summed E-state index contributed by atoms with van der Waals surface area (Å²) in [6.45, 7) is 8.53. The van der Waals surface area contributed by atoms with Crippen LogP contribution in [0.5, 0.6) is 5.75 Å². The molecule has 0 saturated heterocycles. The molecule has 0 fully saturated rings. The van der Waals surface area contributed by atoms with Gasteiger partial charge in [-0.3, -0.25) is 4.79 Å². The Morgan fingerprint density at radius 3 is 2.31 bits per heavy atom. The van der Waals surface area contributed by atoms with Crippen LogP contribution >= 0.6 is 0 Å². The van der Waals surface area contributed by atoms with Gasteiger partial charge < -0.3 is 10.1 Å². The van der Waals surface area contributed by atoms with Gasteiger partial charge in [0.25, 0.3) is 0 Å². The lowest BCUT2D eigenvalue weighted by Gasteiger charge is -2.13. The Bertz CT molecular complexity index is 932. The topological polar surface area (TPSA) is 84.5 Å². The van der Waals surface area contributed by atoms with E-state index in [4.69, 9.17) is 4.74 Å². The van der Waals surface area contributed by atoms with Crippen LogP contribution in [0.1, 0.15) is 35.1 Å². The Morgan fingerprint density at radius 2 is 1.66 bits per heavy atom. The SMILES string of the molecule is Cc1cccc(OCCCNC(=O)CCNS(=O)(=O)c2c(C)cc(C)cc2C)c1. The van der Waals surface area contributed by atoms with E-state index in [0.717, 1.165) is 16.9 Å². The average Bonchev–Trinajstić information content (AvgIpc) is 2.60. The van der Waals surface area contributed by atoms with Crippen molar-refractivity contribution in [3.05, 3.63) is 58.7 Å². The number of hydrogen-bond acceptors (Lipinski definition) is 4. The van der Waals surface area contributed by atoms with Gasteiger partial charge in [-0.2, -0.15) is 0 Å². The predicted molar refractivity (Wildman–Crippen MR) is 115 cm³/mol. The number of carbonyl (C=O) groups excluding carboxylic acids is 1. The molecule has 0 saturated carbocycles. The van der Waals surface area contributed by atoms with Gasteiger partial charge in [-0.15, -0.1) is 0 Å². The highest BCUT2D eigenvalue weighted by molar-refractivity contribution is 7.89. The first-order valence-electron chi connectivity index (χ1n) is 9.73. The van der Waals surface area contributed by atoms with E-state index in [1.807, 2.05) is 50.2 Å². The number of benzene rings is 2. The molecule has 0 aromatic heterocycles. The highest BCUT2D eigenvalue weighted by Gasteiger charge is 2.19. The van der Waals surface area contributed by atoms with Crippen LogP contribution in [0, 0.1) is 27.7 Å². The van der Waals surface area contributed by atoms with Crippen LogP contribution in [-0.4, -0.2) is 34.0 Å². The number of hydrogen-bond donors (Lipinski definition) is 2. The Kier molecular flexibility index (Phi) is 8.22. The maximum Gasteiger partial charge on any atom is 0.241 e. The van der Waals surface area contributed by atoms with E-state index >= 15 is 0 Å². The molecule has 2 aromatic rings. The van der Waals surface area contributed by atoms with Gasteiger partial charge in [0, 0.05) is 19.5 Å². The molecule has 2 aromatic carbocycles. The summed E-state index contributed by atoms with van der Waals surface area (Å²) in [4.78, 5) is 12.2. The first kappa shape index (κ1) is 22.9. The molecular formula is C22H30N2O4S. The molecule has 0 spiro atoms. The molecule has 0 unspecified atom stereocenters. The van der Waals surface area contributed by atoms with Crippen molar-refractivity contribution in [2.24, 2.45) is 0 Å². The van der Waals surface area contributed by atoms with Gasteiger partial charge in [-0.1, -0.05) is 29.8 Å². The van der Waals surface area contributed by atoms with E-state index in [1.54, 1.807) is 13.8 Å². The molecule has 0 bridgehead atoms. The maximum absolute atomic E-state index is 12.6. The van der Waals surface area contributed by atoms with E-state index in [1.165, 1.54) is 0 Å². The van der Waals surface area contributed by atoms with Crippen LogP contribution in [0.25, 0.3) is 0 Å². The second kappa shape index (κ2) is 10.4. The van der Waals surface area contributed by atoms with Gasteiger partial charge in [0.05, 0.1) is 11.5 Å². The number of amides is 1. The van der Waals surface area contributed by atoms with E-state index < -0.39 is 10.0 Å². The first-order valence-corrected chi connectivity index (χ1v) is 11.2. The van der Waals surface area contributed by atoms with Crippen molar-refractivity contribution in [1.29, 1.82) is 0 Å². The molecule has 29 heavy (non-hydrogen) atoms. The van der Waals surface area contributed by atoms with Gasteiger partial charge in [0.1, 0.15) is 5.75 Å². The molecule has 6 nitrogen and oxygen atoms in total. The lowest BCUT2D eigenvalue weighted by Crippen LogP contribution is -2.32. The fourth-order valence-electron chi connectivity index (χ4n) is 3.25. The molecule has 158 valence electrons. The third-order valence-corrected chi connectivity index (χ3v) is 6.18. The van der Waals surface area contributed by atoms with Crippen molar-refractivity contribution >= 4 is 15.9 Å². The summed E-state index contributed by atoms with van der Waals surface area (Å²) in [6.07, 6.45) is 0.759. The quantitative estimate of drug-likeness (QED) is 0.581.